The molecule has 0 fully saturated rings. The summed E-state index contributed by atoms with van der Waals surface area (Å²) in [6.07, 6.45) is -0.587. The number of thiocyanates is 1. The first-order chi connectivity index (χ1) is 8.22. The standard InChI is InChI=1S/C10H8N4O2S/c1-16-10(15)14-9-12-7-3-2-6(17-5-11)4-8(7)13-9/h2-4H,1H3,(H2,12,13,14,15). The van der Waals surface area contributed by atoms with Gasteiger partial charge in [0.25, 0.3) is 0 Å². The Morgan fingerprint density at radius 2 is 2.47 bits per heavy atom. The first kappa shape index (κ1) is 11.3. The van der Waals surface area contributed by atoms with Gasteiger partial charge in [-0.05, 0) is 30.0 Å². The van der Waals surface area contributed by atoms with Crippen LogP contribution < -0.4 is 5.32 Å². The number of nitrogens with zero attached hydrogens (tertiary/aromatic N) is 2. The fraction of sp³-hybridized carbons (Fsp3) is 0.100. The number of thioether (sulfide) groups is 1. The second kappa shape index (κ2) is 4.76. The number of nitriles is 1. The highest BCUT2D eigenvalue weighted by atomic mass is 32.2. The summed E-state index contributed by atoms with van der Waals surface area (Å²) in [6, 6.07) is 5.35. The predicted octanol–water partition coefficient (Wildman–Crippen LogP) is 2.31. The summed E-state index contributed by atoms with van der Waals surface area (Å²) >= 11 is 1.06. The van der Waals surface area contributed by atoms with Crippen molar-refractivity contribution in [2.24, 2.45) is 0 Å². The van der Waals surface area contributed by atoms with Gasteiger partial charge in [0.15, 0.2) is 0 Å². The molecule has 0 spiro atoms. The van der Waals surface area contributed by atoms with Gasteiger partial charge in [0.2, 0.25) is 5.95 Å². The molecule has 86 valence electrons. The van der Waals surface area contributed by atoms with E-state index in [2.05, 4.69) is 20.0 Å². The molecule has 7 heteroatoms. The number of benzene rings is 1. The van der Waals surface area contributed by atoms with Crippen molar-refractivity contribution < 1.29 is 9.53 Å². The number of aromatic nitrogens is 2. The smallest absolute Gasteiger partial charge is 0.413 e. The Labute approximate surface area is 101 Å². The van der Waals surface area contributed by atoms with Gasteiger partial charge in [-0.1, -0.05) is 0 Å². The van der Waals surface area contributed by atoms with Gasteiger partial charge in [-0.25, -0.2) is 9.78 Å². The lowest BCUT2D eigenvalue weighted by atomic mass is 10.3. The second-order valence-electron chi connectivity index (χ2n) is 3.07. The van der Waals surface area contributed by atoms with Crippen LogP contribution in [-0.2, 0) is 4.74 Å². The van der Waals surface area contributed by atoms with Crippen molar-refractivity contribution in [1.29, 1.82) is 5.26 Å². The van der Waals surface area contributed by atoms with Crippen LogP contribution in [0.5, 0.6) is 0 Å². The Hall–Kier alpha value is -2.20. The molecule has 0 aliphatic heterocycles. The number of imidazole rings is 1. The Balaban J connectivity index is 2.31. The summed E-state index contributed by atoms with van der Waals surface area (Å²) in [6.45, 7) is 0. The molecule has 2 N–H and O–H groups in total. The van der Waals surface area contributed by atoms with E-state index in [1.54, 1.807) is 18.2 Å². The molecular formula is C10H8N4O2S. The van der Waals surface area contributed by atoms with Gasteiger partial charge in [0.05, 0.1) is 18.1 Å². The van der Waals surface area contributed by atoms with Crippen LogP contribution >= 0.6 is 11.8 Å². The Morgan fingerprint density at radius 1 is 1.65 bits per heavy atom. The predicted molar refractivity (Wildman–Crippen MR) is 63.6 cm³/mol. The molecule has 0 saturated heterocycles. The lowest BCUT2D eigenvalue weighted by Crippen LogP contribution is -2.11. The van der Waals surface area contributed by atoms with Crippen molar-refractivity contribution in [3.63, 3.8) is 0 Å². The van der Waals surface area contributed by atoms with Crippen molar-refractivity contribution >= 4 is 34.8 Å². The van der Waals surface area contributed by atoms with Gasteiger partial charge in [0, 0.05) is 4.90 Å². The number of methoxy groups -OCH3 is 1. The molecule has 6 nitrogen and oxygen atoms in total. The van der Waals surface area contributed by atoms with Crippen molar-refractivity contribution in [2.75, 3.05) is 12.4 Å². The van der Waals surface area contributed by atoms with Crippen molar-refractivity contribution in [3.8, 4) is 5.40 Å². The first-order valence-corrected chi connectivity index (χ1v) is 5.45. The molecule has 0 radical (unpaired) electrons. The number of carbonyl (C=O) groups is 1. The van der Waals surface area contributed by atoms with Crippen LogP contribution in [0.25, 0.3) is 11.0 Å². The topological polar surface area (TPSA) is 90.8 Å². The van der Waals surface area contributed by atoms with E-state index in [1.807, 2.05) is 5.40 Å². The average Bonchev–Trinajstić information content (AvgIpc) is 2.70. The number of hydrogen-bond donors (Lipinski definition) is 2. The lowest BCUT2D eigenvalue weighted by molar-refractivity contribution is 0.186. The fourth-order valence-corrected chi connectivity index (χ4v) is 1.73. The van der Waals surface area contributed by atoms with Crippen LogP contribution in [-0.4, -0.2) is 23.2 Å². The summed E-state index contributed by atoms with van der Waals surface area (Å²) in [4.78, 5) is 18.9. The zero-order valence-corrected chi connectivity index (χ0v) is 9.67. The second-order valence-corrected chi connectivity index (χ2v) is 3.93. The van der Waals surface area contributed by atoms with Gasteiger partial charge in [-0.3, -0.25) is 5.32 Å². The number of H-pyrrole nitrogens is 1. The van der Waals surface area contributed by atoms with Crippen LogP contribution in [0.3, 0.4) is 0 Å². The molecule has 2 aromatic rings. The van der Waals surface area contributed by atoms with Gasteiger partial charge in [-0.2, -0.15) is 5.26 Å². The molecule has 17 heavy (non-hydrogen) atoms. The van der Waals surface area contributed by atoms with E-state index in [0.717, 1.165) is 22.2 Å². The summed E-state index contributed by atoms with van der Waals surface area (Å²) in [5.41, 5.74) is 1.45. The van der Waals surface area contributed by atoms with Gasteiger partial charge < -0.3 is 9.72 Å². The third-order valence-corrected chi connectivity index (χ3v) is 2.60. The largest absolute Gasteiger partial charge is 0.453 e. The maximum Gasteiger partial charge on any atom is 0.413 e. The van der Waals surface area contributed by atoms with E-state index in [1.165, 1.54) is 7.11 Å². The third kappa shape index (κ3) is 2.49. The lowest BCUT2D eigenvalue weighted by Gasteiger charge is -1.97. The van der Waals surface area contributed by atoms with Gasteiger partial charge in [-0.15, -0.1) is 0 Å². The molecule has 0 aliphatic carbocycles. The van der Waals surface area contributed by atoms with Gasteiger partial charge >= 0.3 is 6.09 Å². The van der Waals surface area contributed by atoms with E-state index < -0.39 is 6.09 Å². The Bertz CT molecular complexity index is 602. The molecule has 0 aliphatic rings. The highest BCUT2D eigenvalue weighted by Gasteiger charge is 2.07. The van der Waals surface area contributed by atoms with Crippen molar-refractivity contribution in [2.45, 2.75) is 4.90 Å². The highest BCUT2D eigenvalue weighted by molar-refractivity contribution is 8.03. The number of hydrogen-bond acceptors (Lipinski definition) is 5. The number of ether oxygens (including phenoxy) is 1. The van der Waals surface area contributed by atoms with E-state index in [9.17, 15) is 4.79 Å². The van der Waals surface area contributed by atoms with Crippen molar-refractivity contribution in [3.05, 3.63) is 18.2 Å². The van der Waals surface area contributed by atoms with Crippen LogP contribution in [0, 0.1) is 10.7 Å². The summed E-state index contributed by atoms with van der Waals surface area (Å²) in [5, 5.41) is 13.0. The van der Waals surface area contributed by atoms with Crippen LogP contribution in [0.15, 0.2) is 23.1 Å². The Morgan fingerprint density at radius 3 is 3.18 bits per heavy atom. The van der Waals surface area contributed by atoms with Crippen LogP contribution in [0.2, 0.25) is 0 Å². The zero-order chi connectivity index (χ0) is 12.3. The summed E-state index contributed by atoms with van der Waals surface area (Å²) in [7, 11) is 1.28. The number of amides is 1. The molecule has 1 amide bonds. The number of carbonyl (C=O) groups excluding carboxylic acids is 1. The van der Waals surface area contributed by atoms with Crippen molar-refractivity contribution in [1.82, 2.24) is 9.97 Å². The Kier molecular flexibility index (Phi) is 3.16. The van der Waals surface area contributed by atoms with E-state index in [-0.39, 0.29) is 0 Å². The van der Waals surface area contributed by atoms with E-state index in [0.29, 0.717) is 11.5 Å². The zero-order valence-electron chi connectivity index (χ0n) is 8.85. The fourth-order valence-electron chi connectivity index (χ4n) is 1.31. The SMILES string of the molecule is COC(=O)Nc1nc2ccc(SC#N)cc2[nH]1. The molecule has 1 heterocycles. The van der Waals surface area contributed by atoms with E-state index in [4.69, 9.17) is 5.26 Å². The quantitative estimate of drug-likeness (QED) is 0.628. The number of anilines is 1. The minimum atomic E-state index is -0.587. The van der Waals surface area contributed by atoms with Gasteiger partial charge in [0.1, 0.15) is 5.40 Å². The molecule has 0 unspecified atom stereocenters. The number of nitrogens with one attached hydrogen (secondary N) is 2. The molecule has 1 aromatic heterocycles. The molecule has 0 bridgehead atoms. The minimum Gasteiger partial charge on any atom is -0.453 e. The monoisotopic (exact) mass is 248 g/mol. The number of rotatable bonds is 2. The molecular weight excluding hydrogens is 240 g/mol. The van der Waals surface area contributed by atoms with E-state index >= 15 is 0 Å². The first-order valence-electron chi connectivity index (χ1n) is 4.63. The van der Waals surface area contributed by atoms with Crippen LogP contribution in [0.1, 0.15) is 0 Å². The summed E-state index contributed by atoms with van der Waals surface area (Å²) in [5.74, 6) is 0.311. The molecule has 2 rings (SSSR count). The summed E-state index contributed by atoms with van der Waals surface area (Å²) < 4.78 is 4.46. The maximum absolute atomic E-state index is 11.0. The number of fused-ring (bicyclic) bond motifs is 1. The number of aromatic amines is 1. The highest BCUT2D eigenvalue weighted by Crippen LogP contribution is 2.22. The maximum atomic E-state index is 11.0. The molecule has 0 saturated carbocycles. The van der Waals surface area contributed by atoms with Crippen LogP contribution in [0.4, 0.5) is 10.7 Å². The normalized spacial score (nSPS) is 9.88. The molecule has 0 atom stereocenters. The minimum absolute atomic E-state index is 0.311. The molecule has 1 aromatic carbocycles. The third-order valence-electron chi connectivity index (χ3n) is 2.02. The average molecular weight is 248 g/mol.